The summed E-state index contributed by atoms with van der Waals surface area (Å²) < 4.78 is 13.6. The second-order valence-corrected chi connectivity index (χ2v) is 4.95. The Hall–Kier alpha value is -2.87. The summed E-state index contributed by atoms with van der Waals surface area (Å²) in [4.78, 5) is 4.47. The van der Waals surface area contributed by atoms with Crippen LogP contribution in [0.2, 0.25) is 0 Å². The molecule has 2 rings (SSSR count). The molecule has 118 valence electrons. The Morgan fingerprint density at radius 1 is 1.13 bits per heavy atom. The van der Waals surface area contributed by atoms with Crippen molar-refractivity contribution in [3.63, 3.8) is 0 Å². The SMILES string of the molecule is CCNC(=NCc1ccc(C#N)cc1)NCc1ccccc1F. The first kappa shape index (κ1) is 16.5. The number of aliphatic imine (C=N–C) groups is 1. The molecule has 0 aliphatic heterocycles. The van der Waals surface area contributed by atoms with Crippen LogP contribution in [0.5, 0.6) is 0 Å². The van der Waals surface area contributed by atoms with E-state index in [9.17, 15) is 4.39 Å². The monoisotopic (exact) mass is 310 g/mol. The second-order valence-electron chi connectivity index (χ2n) is 4.95. The van der Waals surface area contributed by atoms with Gasteiger partial charge in [0.1, 0.15) is 5.82 Å². The van der Waals surface area contributed by atoms with Crippen LogP contribution in [-0.2, 0) is 13.1 Å². The van der Waals surface area contributed by atoms with E-state index in [4.69, 9.17) is 5.26 Å². The molecule has 0 atom stereocenters. The number of guanidine groups is 1. The average molecular weight is 310 g/mol. The molecule has 4 nitrogen and oxygen atoms in total. The summed E-state index contributed by atoms with van der Waals surface area (Å²) in [5.41, 5.74) is 2.23. The number of rotatable bonds is 5. The van der Waals surface area contributed by atoms with Crippen molar-refractivity contribution in [3.8, 4) is 6.07 Å². The highest BCUT2D eigenvalue weighted by atomic mass is 19.1. The molecule has 0 spiro atoms. The van der Waals surface area contributed by atoms with Crippen molar-refractivity contribution in [2.24, 2.45) is 4.99 Å². The Morgan fingerprint density at radius 2 is 1.87 bits per heavy atom. The van der Waals surface area contributed by atoms with Crippen LogP contribution in [0.25, 0.3) is 0 Å². The van der Waals surface area contributed by atoms with Gasteiger partial charge in [-0.1, -0.05) is 30.3 Å². The lowest BCUT2D eigenvalue weighted by Crippen LogP contribution is -2.37. The van der Waals surface area contributed by atoms with Crippen LogP contribution in [-0.4, -0.2) is 12.5 Å². The first-order valence-corrected chi connectivity index (χ1v) is 7.47. The second kappa shape index (κ2) is 8.54. The largest absolute Gasteiger partial charge is 0.357 e. The summed E-state index contributed by atoms with van der Waals surface area (Å²) in [6, 6.07) is 16.0. The molecule has 2 N–H and O–H groups in total. The molecule has 0 bridgehead atoms. The summed E-state index contributed by atoms with van der Waals surface area (Å²) in [7, 11) is 0. The highest BCUT2D eigenvalue weighted by Crippen LogP contribution is 2.06. The van der Waals surface area contributed by atoms with E-state index in [-0.39, 0.29) is 5.82 Å². The van der Waals surface area contributed by atoms with Crippen LogP contribution < -0.4 is 10.6 Å². The third-order valence-corrected chi connectivity index (χ3v) is 3.25. The van der Waals surface area contributed by atoms with E-state index in [1.54, 1.807) is 30.3 Å². The minimum Gasteiger partial charge on any atom is -0.357 e. The molecule has 0 heterocycles. The van der Waals surface area contributed by atoms with E-state index in [1.807, 2.05) is 19.1 Å². The van der Waals surface area contributed by atoms with Crippen molar-refractivity contribution >= 4 is 5.96 Å². The molecule has 0 aromatic heterocycles. The summed E-state index contributed by atoms with van der Waals surface area (Å²) >= 11 is 0. The van der Waals surface area contributed by atoms with Crippen LogP contribution in [0.4, 0.5) is 4.39 Å². The topological polar surface area (TPSA) is 60.2 Å². The smallest absolute Gasteiger partial charge is 0.191 e. The Balaban J connectivity index is 1.99. The van der Waals surface area contributed by atoms with E-state index in [1.165, 1.54) is 6.07 Å². The lowest BCUT2D eigenvalue weighted by molar-refractivity contribution is 0.604. The van der Waals surface area contributed by atoms with Crippen molar-refractivity contribution in [2.45, 2.75) is 20.0 Å². The van der Waals surface area contributed by atoms with Crippen molar-refractivity contribution in [3.05, 3.63) is 71.0 Å². The molecule has 2 aromatic carbocycles. The number of hydrogen-bond donors (Lipinski definition) is 2. The highest BCUT2D eigenvalue weighted by Gasteiger charge is 2.02. The lowest BCUT2D eigenvalue weighted by atomic mass is 10.1. The van der Waals surface area contributed by atoms with Gasteiger partial charge in [-0.15, -0.1) is 0 Å². The predicted octanol–water partition coefficient (Wildman–Crippen LogP) is 2.95. The van der Waals surface area contributed by atoms with E-state index < -0.39 is 0 Å². The molecule has 0 unspecified atom stereocenters. The number of nitrogens with one attached hydrogen (secondary N) is 2. The van der Waals surface area contributed by atoms with E-state index in [0.717, 1.165) is 12.1 Å². The van der Waals surface area contributed by atoms with Crippen LogP contribution in [0, 0.1) is 17.1 Å². The molecular formula is C18H19FN4. The fourth-order valence-electron chi connectivity index (χ4n) is 2.02. The normalized spacial score (nSPS) is 10.9. The van der Waals surface area contributed by atoms with Crippen LogP contribution in [0.1, 0.15) is 23.6 Å². The van der Waals surface area contributed by atoms with Crippen molar-refractivity contribution in [1.82, 2.24) is 10.6 Å². The molecular weight excluding hydrogens is 291 g/mol. The zero-order valence-electron chi connectivity index (χ0n) is 13.0. The Kier molecular flexibility index (Phi) is 6.13. The third kappa shape index (κ3) is 5.11. The zero-order valence-corrected chi connectivity index (χ0v) is 13.0. The van der Waals surface area contributed by atoms with Gasteiger partial charge in [0.2, 0.25) is 0 Å². The molecule has 0 aliphatic carbocycles. The molecule has 23 heavy (non-hydrogen) atoms. The number of nitriles is 1. The fourth-order valence-corrected chi connectivity index (χ4v) is 2.02. The minimum atomic E-state index is -0.233. The zero-order chi connectivity index (χ0) is 16.5. The molecule has 0 aliphatic rings. The van der Waals surface area contributed by atoms with Gasteiger partial charge in [-0.3, -0.25) is 0 Å². The Bertz CT molecular complexity index is 702. The fraction of sp³-hybridized carbons (Fsp3) is 0.222. The average Bonchev–Trinajstić information content (AvgIpc) is 2.59. The Labute approximate surface area is 135 Å². The minimum absolute atomic E-state index is 0.233. The van der Waals surface area contributed by atoms with Gasteiger partial charge in [0.25, 0.3) is 0 Å². The maximum absolute atomic E-state index is 13.6. The molecule has 0 saturated heterocycles. The van der Waals surface area contributed by atoms with Gasteiger partial charge in [0, 0.05) is 18.7 Å². The molecule has 0 amide bonds. The van der Waals surface area contributed by atoms with Gasteiger partial charge in [0.15, 0.2) is 5.96 Å². The van der Waals surface area contributed by atoms with Gasteiger partial charge in [-0.25, -0.2) is 9.38 Å². The van der Waals surface area contributed by atoms with Gasteiger partial charge >= 0.3 is 0 Å². The van der Waals surface area contributed by atoms with Gasteiger partial charge in [0.05, 0.1) is 18.2 Å². The molecule has 0 radical (unpaired) electrons. The van der Waals surface area contributed by atoms with E-state index in [2.05, 4.69) is 21.7 Å². The number of hydrogen-bond acceptors (Lipinski definition) is 2. The summed E-state index contributed by atoms with van der Waals surface area (Å²) in [5, 5.41) is 15.0. The Morgan fingerprint density at radius 3 is 2.52 bits per heavy atom. The van der Waals surface area contributed by atoms with Crippen molar-refractivity contribution in [1.29, 1.82) is 5.26 Å². The van der Waals surface area contributed by atoms with E-state index >= 15 is 0 Å². The van der Waals surface area contributed by atoms with E-state index in [0.29, 0.717) is 30.2 Å². The van der Waals surface area contributed by atoms with Crippen molar-refractivity contribution in [2.75, 3.05) is 6.54 Å². The summed E-state index contributed by atoms with van der Waals surface area (Å²) in [6.45, 7) is 3.54. The summed E-state index contributed by atoms with van der Waals surface area (Å²) in [5.74, 6) is 0.392. The molecule has 0 saturated carbocycles. The van der Waals surface area contributed by atoms with Crippen LogP contribution in [0.3, 0.4) is 0 Å². The first-order valence-electron chi connectivity index (χ1n) is 7.47. The van der Waals surface area contributed by atoms with Crippen LogP contribution >= 0.6 is 0 Å². The van der Waals surface area contributed by atoms with Gasteiger partial charge < -0.3 is 10.6 Å². The lowest BCUT2D eigenvalue weighted by Gasteiger charge is -2.11. The molecule has 5 heteroatoms. The maximum Gasteiger partial charge on any atom is 0.191 e. The van der Waals surface area contributed by atoms with Crippen LogP contribution in [0.15, 0.2) is 53.5 Å². The first-order chi connectivity index (χ1) is 11.2. The number of nitrogens with zero attached hydrogens (tertiary/aromatic N) is 2. The highest BCUT2D eigenvalue weighted by molar-refractivity contribution is 5.79. The predicted molar refractivity (Wildman–Crippen MR) is 89.2 cm³/mol. The van der Waals surface area contributed by atoms with Gasteiger partial charge in [-0.05, 0) is 30.7 Å². The number of halogens is 1. The summed E-state index contributed by atoms with van der Waals surface area (Å²) in [6.07, 6.45) is 0. The standard InChI is InChI=1S/C18H19FN4/c1-2-21-18(23-13-16-5-3-4-6-17(16)19)22-12-15-9-7-14(11-20)8-10-15/h3-10H,2,12-13H2,1H3,(H2,21,22,23). The molecule has 2 aromatic rings. The van der Waals surface area contributed by atoms with Gasteiger partial charge in [-0.2, -0.15) is 5.26 Å². The quantitative estimate of drug-likeness (QED) is 0.659. The van der Waals surface area contributed by atoms with Crippen molar-refractivity contribution < 1.29 is 4.39 Å². The maximum atomic E-state index is 13.6. The third-order valence-electron chi connectivity index (χ3n) is 3.25. The number of benzene rings is 2. The molecule has 0 fully saturated rings.